The molecule has 0 aromatic heterocycles. The summed E-state index contributed by atoms with van der Waals surface area (Å²) in [7, 11) is 0. The zero-order valence-electron chi connectivity index (χ0n) is 11.4. The van der Waals surface area contributed by atoms with Gasteiger partial charge in [0.1, 0.15) is 0 Å². The number of aliphatic hydroxyl groups is 3. The van der Waals surface area contributed by atoms with Crippen LogP contribution >= 0.6 is 0 Å². The van der Waals surface area contributed by atoms with Crippen molar-refractivity contribution in [2.24, 2.45) is 17.8 Å². The van der Waals surface area contributed by atoms with Gasteiger partial charge in [0.15, 0.2) is 0 Å². The SMILES string of the molecule is CCCCC(CCCC)C(CO)C(CO)CO. The Labute approximate surface area is 106 Å². The molecule has 104 valence electrons. The van der Waals surface area contributed by atoms with Gasteiger partial charge in [-0.15, -0.1) is 0 Å². The summed E-state index contributed by atoms with van der Waals surface area (Å²) in [6.45, 7) is 4.34. The molecule has 0 heterocycles. The smallest absolute Gasteiger partial charge is 0.0484 e. The van der Waals surface area contributed by atoms with Gasteiger partial charge >= 0.3 is 0 Å². The van der Waals surface area contributed by atoms with Crippen molar-refractivity contribution >= 4 is 0 Å². The summed E-state index contributed by atoms with van der Waals surface area (Å²) in [4.78, 5) is 0. The first kappa shape index (κ1) is 16.9. The van der Waals surface area contributed by atoms with Crippen LogP contribution in [0.1, 0.15) is 52.4 Å². The van der Waals surface area contributed by atoms with E-state index in [9.17, 15) is 15.3 Å². The van der Waals surface area contributed by atoms with Crippen molar-refractivity contribution in [3.8, 4) is 0 Å². The Hall–Kier alpha value is -0.120. The molecule has 0 fully saturated rings. The molecule has 0 radical (unpaired) electrons. The average Bonchev–Trinajstić information content (AvgIpc) is 2.37. The first-order chi connectivity index (χ1) is 8.24. The van der Waals surface area contributed by atoms with Gasteiger partial charge in [0.25, 0.3) is 0 Å². The van der Waals surface area contributed by atoms with Crippen molar-refractivity contribution in [3.05, 3.63) is 0 Å². The predicted molar refractivity (Wildman–Crippen MR) is 70.8 cm³/mol. The maximum atomic E-state index is 9.51. The Morgan fingerprint density at radius 2 is 1.18 bits per heavy atom. The van der Waals surface area contributed by atoms with Crippen LogP contribution in [0.2, 0.25) is 0 Å². The lowest BCUT2D eigenvalue weighted by Gasteiger charge is -2.30. The molecule has 17 heavy (non-hydrogen) atoms. The minimum atomic E-state index is -0.168. The van der Waals surface area contributed by atoms with Crippen molar-refractivity contribution in [3.63, 3.8) is 0 Å². The molecule has 0 aromatic rings. The average molecular weight is 246 g/mol. The van der Waals surface area contributed by atoms with Gasteiger partial charge in [-0.2, -0.15) is 0 Å². The van der Waals surface area contributed by atoms with Crippen LogP contribution in [-0.2, 0) is 0 Å². The summed E-state index contributed by atoms with van der Waals surface area (Å²) < 4.78 is 0. The Kier molecular flexibility index (Phi) is 10.9. The number of rotatable bonds is 11. The van der Waals surface area contributed by atoms with Gasteiger partial charge in [0.05, 0.1) is 0 Å². The summed E-state index contributed by atoms with van der Waals surface area (Å²) in [5.41, 5.74) is 0. The highest BCUT2D eigenvalue weighted by molar-refractivity contribution is 4.76. The van der Waals surface area contributed by atoms with Crippen LogP contribution in [0.4, 0.5) is 0 Å². The monoisotopic (exact) mass is 246 g/mol. The largest absolute Gasteiger partial charge is 0.396 e. The third-order valence-corrected chi connectivity index (χ3v) is 3.75. The fourth-order valence-electron chi connectivity index (χ4n) is 2.52. The summed E-state index contributed by atoms with van der Waals surface area (Å²) in [5.74, 6) is 0.311. The van der Waals surface area contributed by atoms with Crippen molar-refractivity contribution in [1.82, 2.24) is 0 Å². The molecule has 0 bridgehead atoms. The van der Waals surface area contributed by atoms with E-state index in [4.69, 9.17) is 0 Å². The maximum absolute atomic E-state index is 9.51. The molecular weight excluding hydrogens is 216 g/mol. The summed E-state index contributed by atoms with van der Waals surface area (Å²) >= 11 is 0. The first-order valence-corrected chi connectivity index (χ1v) is 7.07. The summed E-state index contributed by atoms with van der Waals surface area (Å²) in [6, 6.07) is 0. The Morgan fingerprint density at radius 1 is 0.706 bits per heavy atom. The normalized spacial score (nSPS) is 13.6. The van der Waals surface area contributed by atoms with Crippen molar-refractivity contribution in [2.45, 2.75) is 52.4 Å². The minimum Gasteiger partial charge on any atom is -0.396 e. The number of unbranched alkanes of at least 4 members (excludes halogenated alkanes) is 2. The van der Waals surface area contributed by atoms with E-state index in [2.05, 4.69) is 13.8 Å². The molecule has 1 atom stereocenters. The molecule has 0 spiro atoms. The van der Waals surface area contributed by atoms with Gasteiger partial charge in [-0.3, -0.25) is 0 Å². The lowest BCUT2D eigenvalue weighted by Crippen LogP contribution is -2.31. The van der Waals surface area contributed by atoms with Crippen molar-refractivity contribution in [2.75, 3.05) is 19.8 Å². The van der Waals surface area contributed by atoms with Crippen molar-refractivity contribution in [1.29, 1.82) is 0 Å². The van der Waals surface area contributed by atoms with Crippen LogP contribution in [-0.4, -0.2) is 35.1 Å². The quantitative estimate of drug-likeness (QED) is 0.524. The lowest BCUT2D eigenvalue weighted by atomic mass is 9.77. The predicted octanol–water partition coefficient (Wildman–Crippen LogP) is 2.19. The van der Waals surface area contributed by atoms with E-state index >= 15 is 0 Å². The van der Waals surface area contributed by atoms with Gasteiger partial charge in [0, 0.05) is 25.7 Å². The van der Waals surface area contributed by atoms with E-state index in [-0.39, 0.29) is 31.7 Å². The molecular formula is C14H30O3. The van der Waals surface area contributed by atoms with E-state index in [1.54, 1.807) is 0 Å². The van der Waals surface area contributed by atoms with Crippen LogP contribution < -0.4 is 0 Å². The second-order valence-corrected chi connectivity index (χ2v) is 5.02. The van der Waals surface area contributed by atoms with Gasteiger partial charge in [0.2, 0.25) is 0 Å². The lowest BCUT2D eigenvalue weighted by molar-refractivity contribution is 0.0363. The zero-order valence-corrected chi connectivity index (χ0v) is 11.4. The van der Waals surface area contributed by atoms with Gasteiger partial charge < -0.3 is 15.3 Å². The van der Waals surface area contributed by atoms with E-state index < -0.39 is 0 Å². The van der Waals surface area contributed by atoms with E-state index in [1.807, 2.05) is 0 Å². The Balaban J connectivity index is 4.45. The third-order valence-electron chi connectivity index (χ3n) is 3.75. The van der Waals surface area contributed by atoms with E-state index in [0.717, 1.165) is 38.5 Å². The number of hydrogen-bond acceptors (Lipinski definition) is 3. The fraction of sp³-hybridized carbons (Fsp3) is 1.00. The molecule has 0 aromatic carbocycles. The molecule has 0 saturated carbocycles. The second kappa shape index (κ2) is 11.0. The Bertz CT molecular complexity index is 150. The molecule has 1 unspecified atom stereocenters. The van der Waals surface area contributed by atoms with Crippen LogP contribution in [0.5, 0.6) is 0 Å². The fourth-order valence-corrected chi connectivity index (χ4v) is 2.52. The van der Waals surface area contributed by atoms with Crippen LogP contribution in [0, 0.1) is 17.8 Å². The topological polar surface area (TPSA) is 60.7 Å². The molecule has 0 amide bonds. The molecule has 3 heteroatoms. The standard InChI is InChI=1S/C14H30O3/c1-3-5-7-12(8-6-4-2)14(11-17)13(9-15)10-16/h12-17H,3-11H2,1-2H3. The van der Waals surface area contributed by atoms with Crippen LogP contribution in [0.15, 0.2) is 0 Å². The van der Waals surface area contributed by atoms with Crippen molar-refractivity contribution < 1.29 is 15.3 Å². The molecule has 0 rings (SSSR count). The highest BCUT2D eigenvalue weighted by Gasteiger charge is 2.27. The van der Waals surface area contributed by atoms with Gasteiger partial charge in [-0.1, -0.05) is 52.4 Å². The highest BCUT2D eigenvalue weighted by atomic mass is 16.3. The molecule has 3 nitrogen and oxygen atoms in total. The van der Waals surface area contributed by atoms with Crippen LogP contribution in [0.3, 0.4) is 0 Å². The summed E-state index contributed by atoms with van der Waals surface area (Å²) in [5, 5.41) is 28.0. The van der Waals surface area contributed by atoms with E-state index in [1.165, 1.54) is 0 Å². The minimum absolute atomic E-state index is 0.0313. The maximum Gasteiger partial charge on any atom is 0.0484 e. The van der Waals surface area contributed by atoms with Gasteiger partial charge in [-0.05, 0) is 11.8 Å². The molecule has 0 aliphatic carbocycles. The molecule has 0 saturated heterocycles. The van der Waals surface area contributed by atoms with Gasteiger partial charge in [-0.25, -0.2) is 0 Å². The highest BCUT2D eigenvalue weighted by Crippen LogP contribution is 2.29. The number of aliphatic hydroxyl groups excluding tert-OH is 3. The van der Waals surface area contributed by atoms with E-state index in [0.29, 0.717) is 5.92 Å². The molecule has 0 aliphatic rings. The first-order valence-electron chi connectivity index (χ1n) is 7.07. The van der Waals surface area contributed by atoms with Crippen LogP contribution in [0.25, 0.3) is 0 Å². The zero-order chi connectivity index (χ0) is 13.1. The summed E-state index contributed by atoms with van der Waals surface area (Å²) in [6.07, 6.45) is 6.83. The Morgan fingerprint density at radius 3 is 1.47 bits per heavy atom. The number of hydrogen-bond donors (Lipinski definition) is 3. The molecule has 3 N–H and O–H groups in total. The second-order valence-electron chi connectivity index (χ2n) is 5.02. The molecule has 0 aliphatic heterocycles. The third kappa shape index (κ3) is 6.39.